The summed E-state index contributed by atoms with van der Waals surface area (Å²) in [6, 6.07) is 3.50. The molecule has 0 unspecified atom stereocenters. The maximum absolute atomic E-state index is 12.5. The minimum atomic E-state index is -3.94. The zero-order valence-corrected chi connectivity index (χ0v) is 15.5. The topological polar surface area (TPSA) is 121 Å². The van der Waals surface area contributed by atoms with Gasteiger partial charge in [-0.1, -0.05) is 6.42 Å². The van der Waals surface area contributed by atoms with Gasteiger partial charge in [-0.05, 0) is 44.9 Å². The van der Waals surface area contributed by atoms with Crippen molar-refractivity contribution < 1.29 is 27.9 Å². The number of fused-ring (bicyclic) bond motifs is 1. The second kappa shape index (κ2) is 7.86. The minimum Gasteiger partial charge on any atom is -0.481 e. The van der Waals surface area contributed by atoms with Crippen LogP contribution in [0.5, 0.6) is 0 Å². The van der Waals surface area contributed by atoms with Crippen LogP contribution in [-0.4, -0.2) is 48.2 Å². The normalized spacial score (nSPS) is 15.2. The van der Waals surface area contributed by atoms with Gasteiger partial charge in [0.05, 0.1) is 5.56 Å². The number of hydrogen-bond acceptors (Lipinski definition) is 5. The zero-order chi connectivity index (χ0) is 19.5. The van der Waals surface area contributed by atoms with Crippen LogP contribution in [0.3, 0.4) is 0 Å². The van der Waals surface area contributed by atoms with Crippen LogP contribution in [0, 0.1) is 0 Å². The van der Waals surface area contributed by atoms with E-state index < -0.39 is 33.8 Å². The summed E-state index contributed by atoms with van der Waals surface area (Å²) < 4.78 is 25.9. The SMILES string of the molecule is CC(C)N1C(=O)c2ccc(C(=O)NCCCCCC(=O)O)cc2S1(=O)=O. The number of sulfonamides is 1. The van der Waals surface area contributed by atoms with E-state index in [9.17, 15) is 22.8 Å². The number of nitrogens with one attached hydrogen (secondary N) is 1. The number of unbranched alkanes of at least 4 members (excludes halogenated alkanes) is 2. The van der Waals surface area contributed by atoms with Crippen molar-refractivity contribution in [2.45, 2.75) is 50.5 Å². The van der Waals surface area contributed by atoms with Crippen molar-refractivity contribution >= 4 is 27.8 Å². The molecular weight excluding hydrogens is 360 g/mol. The highest BCUT2D eigenvalue weighted by molar-refractivity contribution is 7.90. The van der Waals surface area contributed by atoms with Gasteiger partial charge in [0, 0.05) is 24.6 Å². The summed E-state index contributed by atoms with van der Waals surface area (Å²) in [6.45, 7) is 3.58. The summed E-state index contributed by atoms with van der Waals surface area (Å²) in [6.07, 6.45) is 1.93. The number of nitrogens with zero attached hydrogens (tertiary/aromatic N) is 1. The van der Waals surface area contributed by atoms with E-state index in [1.165, 1.54) is 18.2 Å². The first-order valence-corrected chi connectivity index (χ1v) is 9.83. The second-order valence-corrected chi connectivity index (χ2v) is 8.15. The van der Waals surface area contributed by atoms with E-state index in [-0.39, 0.29) is 22.4 Å². The van der Waals surface area contributed by atoms with Crippen LogP contribution in [0.1, 0.15) is 60.2 Å². The number of carbonyl (C=O) groups excluding carboxylic acids is 2. The Bertz CT molecular complexity index is 832. The Labute approximate surface area is 152 Å². The van der Waals surface area contributed by atoms with E-state index in [0.29, 0.717) is 25.8 Å². The van der Waals surface area contributed by atoms with Gasteiger partial charge in [0.15, 0.2) is 0 Å². The highest BCUT2D eigenvalue weighted by atomic mass is 32.2. The van der Waals surface area contributed by atoms with E-state index >= 15 is 0 Å². The molecule has 1 aromatic rings. The van der Waals surface area contributed by atoms with Gasteiger partial charge in [0.1, 0.15) is 4.90 Å². The van der Waals surface area contributed by atoms with Gasteiger partial charge in [-0.2, -0.15) is 0 Å². The largest absolute Gasteiger partial charge is 0.481 e. The molecule has 2 N–H and O–H groups in total. The molecule has 142 valence electrons. The molecule has 1 aliphatic heterocycles. The lowest BCUT2D eigenvalue weighted by atomic mass is 10.1. The molecule has 0 radical (unpaired) electrons. The van der Waals surface area contributed by atoms with Crippen LogP contribution in [0.15, 0.2) is 23.1 Å². The Balaban J connectivity index is 2.04. The van der Waals surface area contributed by atoms with E-state index in [1.54, 1.807) is 13.8 Å². The summed E-state index contributed by atoms with van der Waals surface area (Å²) >= 11 is 0. The number of carbonyl (C=O) groups is 3. The number of rotatable bonds is 8. The molecular formula is C17H22N2O6S. The van der Waals surface area contributed by atoms with Gasteiger partial charge in [-0.25, -0.2) is 12.7 Å². The molecule has 8 nitrogen and oxygen atoms in total. The fraction of sp³-hybridized carbons (Fsp3) is 0.471. The molecule has 9 heteroatoms. The highest BCUT2D eigenvalue weighted by Crippen LogP contribution is 2.32. The van der Waals surface area contributed by atoms with Crippen LogP contribution >= 0.6 is 0 Å². The lowest BCUT2D eigenvalue weighted by molar-refractivity contribution is -0.137. The van der Waals surface area contributed by atoms with Crippen molar-refractivity contribution in [3.05, 3.63) is 29.3 Å². The summed E-state index contributed by atoms with van der Waals surface area (Å²) in [5.74, 6) is -1.87. The third-order valence-corrected chi connectivity index (χ3v) is 6.03. The average Bonchev–Trinajstić information content (AvgIpc) is 2.76. The molecule has 1 aliphatic rings. The van der Waals surface area contributed by atoms with Crippen LogP contribution in [-0.2, 0) is 14.8 Å². The highest BCUT2D eigenvalue weighted by Gasteiger charge is 2.42. The number of aliphatic carboxylic acids is 1. The molecule has 2 amide bonds. The summed E-state index contributed by atoms with van der Waals surface area (Å²) in [4.78, 5) is 34.7. The van der Waals surface area contributed by atoms with E-state index in [4.69, 9.17) is 5.11 Å². The first kappa shape index (κ1) is 19.9. The Hall–Kier alpha value is -2.42. The number of benzene rings is 1. The van der Waals surface area contributed by atoms with Crippen LogP contribution in [0.2, 0.25) is 0 Å². The predicted octanol–water partition coefficient (Wildman–Crippen LogP) is 1.61. The van der Waals surface area contributed by atoms with Gasteiger partial charge in [-0.3, -0.25) is 14.4 Å². The van der Waals surface area contributed by atoms with Crippen molar-refractivity contribution in [1.29, 1.82) is 0 Å². The molecule has 1 heterocycles. The Morgan fingerprint density at radius 1 is 1.19 bits per heavy atom. The Morgan fingerprint density at radius 3 is 2.50 bits per heavy atom. The smallest absolute Gasteiger partial charge is 0.303 e. The molecule has 0 bridgehead atoms. The third kappa shape index (κ3) is 4.04. The molecule has 0 saturated carbocycles. The van der Waals surface area contributed by atoms with E-state index in [1.807, 2.05) is 0 Å². The fourth-order valence-electron chi connectivity index (χ4n) is 2.78. The maximum atomic E-state index is 12.5. The molecule has 26 heavy (non-hydrogen) atoms. The maximum Gasteiger partial charge on any atom is 0.303 e. The molecule has 0 fully saturated rings. The molecule has 0 aliphatic carbocycles. The van der Waals surface area contributed by atoms with Crippen molar-refractivity contribution in [3.8, 4) is 0 Å². The van der Waals surface area contributed by atoms with Crippen LogP contribution in [0.4, 0.5) is 0 Å². The Kier molecular flexibility index (Phi) is 6.01. The zero-order valence-electron chi connectivity index (χ0n) is 14.7. The molecule has 1 aromatic carbocycles. The van der Waals surface area contributed by atoms with Crippen molar-refractivity contribution in [2.75, 3.05) is 6.54 Å². The van der Waals surface area contributed by atoms with E-state index in [2.05, 4.69) is 5.32 Å². The standard InChI is InChI=1S/C17H22N2O6S/c1-11(2)19-17(23)13-8-7-12(10-14(13)26(19,24)25)16(22)18-9-5-3-4-6-15(20)21/h7-8,10-11H,3-6,9H2,1-2H3,(H,18,22)(H,20,21). The van der Waals surface area contributed by atoms with Gasteiger partial charge < -0.3 is 10.4 Å². The first-order chi connectivity index (χ1) is 12.2. The van der Waals surface area contributed by atoms with Crippen molar-refractivity contribution in [3.63, 3.8) is 0 Å². The quantitative estimate of drug-likeness (QED) is 0.659. The average molecular weight is 382 g/mol. The lowest BCUT2D eigenvalue weighted by Gasteiger charge is -2.18. The second-order valence-electron chi connectivity index (χ2n) is 6.37. The summed E-state index contributed by atoms with van der Waals surface area (Å²) in [5, 5.41) is 11.2. The minimum absolute atomic E-state index is 0.0731. The monoisotopic (exact) mass is 382 g/mol. The lowest BCUT2D eigenvalue weighted by Crippen LogP contribution is -2.36. The number of carboxylic acids is 1. The summed E-state index contributed by atoms with van der Waals surface area (Å²) in [5.41, 5.74) is 0.236. The molecule has 0 spiro atoms. The predicted molar refractivity (Wildman–Crippen MR) is 93.4 cm³/mol. The molecule has 0 atom stereocenters. The summed E-state index contributed by atoms with van der Waals surface area (Å²) in [7, 11) is -3.94. The van der Waals surface area contributed by atoms with Crippen molar-refractivity contribution in [2.24, 2.45) is 0 Å². The van der Waals surface area contributed by atoms with Crippen LogP contribution < -0.4 is 5.32 Å². The molecule has 2 rings (SSSR count). The number of amides is 2. The third-order valence-electron chi connectivity index (χ3n) is 4.03. The van der Waals surface area contributed by atoms with Gasteiger partial charge in [0.25, 0.3) is 21.8 Å². The fourth-order valence-corrected chi connectivity index (χ4v) is 4.57. The van der Waals surface area contributed by atoms with E-state index in [0.717, 1.165) is 4.31 Å². The van der Waals surface area contributed by atoms with Gasteiger partial charge in [0.2, 0.25) is 0 Å². The van der Waals surface area contributed by atoms with Crippen LogP contribution in [0.25, 0.3) is 0 Å². The molecule has 0 saturated heterocycles. The van der Waals surface area contributed by atoms with Gasteiger partial charge in [-0.15, -0.1) is 0 Å². The van der Waals surface area contributed by atoms with Crippen molar-refractivity contribution in [1.82, 2.24) is 9.62 Å². The molecule has 0 aromatic heterocycles. The number of carboxylic acid groups (broad SMARTS) is 1. The van der Waals surface area contributed by atoms with Gasteiger partial charge >= 0.3 is 5.97 Å². The first-order valence-electron chi connectivity index (χ1n) is 8.39. The Morgan fingerprint density at radius 2 is 1.88 bits per heavy atom. The number of hydrogen-bond donors (Lipinski definition) is 2.